The molecule has 0 fully saturated rings. The molecule has 0 bridgehead atoms. The molecule has 168 valence electrons. The Labute approximate surface area is 191 Å². The third kappa shape index (κ3) is 5.19. The molecule has 0 spiro atoms. The summed E-state index contributed by atoms with van der Waals surface area (Å²) in [6.45, 7) is 9.38. The maximum atomic E-state index is 13.5. The first-order valence-corrected chi connectivity index (χ1v) is 12.0. The van der Waals surface area contributed by atoms with Crippen LogP contribution < -0.4 is 9.62 Å². The van der Waals surface area contributed by atoms with Crippen LogP contribution in [0.5, 0.6) is 0 Å². The van der Waals surface area contributed by atoms with Crippen LogP contribution in [0.15, 0.2) is 71.6 Å². The number of carbonyl (C=O) groups is 1. The van der Waals surface area contributed by atoms with E-state index in [1.807, 2.05) is 58.9 Å². The van der Waals surface area contributed by atoms with Gasteiger partial charge in [-0.2, -0.15) is 0 Å². The number of aryl methyl sites for hydroxylation is 4. The normalized spacial score (nSPS) is 12.3. The molecule has 5 nitrogen and oxygen atoms in total. The van der Waals surface area contributed by atoms with Crippen molar-refractivity contribution in [2.45, 2.75) is 45.6 Å². The largest absolute Gasteiger partial charge is 0.348 e. The van der Waals surface area contributed by atoms with Crippen molar-refractivity contribution in [2.24, 2.45) is 0 Å². The predicted octanol–water partition coefficient (Wildman–Crippen LogP) is 4.99. The lowest BCUT2D eigenvalue weighted by Gasteiger charge is -2.27. The second-order valence-electron chi connectivity index (χ2n) is 8.26. The van der Waals surface area contributed by atoms with Crippen LogP contribution in [-0.4, -0.2) is 20.9 Å². The van der Waals surface area contributed by atoms with Gasteiger partial charge in [0.1, 0.15) is 6.54 Å². The van der Waals surface area contributed by atoms with Gasteiger partial charge in [0.15, 0.2) is 0 Å². The van der Waals surface area contributed by atoms with Gasteiger partial charge in [-0.1, -0.05) is 54.1 Å². The van der Waals surface area contributed by atoms with Crippen molar-refractivity contribution in [2.75, 3.05) is 10.8 Å². The average Bonchev–Trinajstić information content (AvgIpc) is 2.74. The van der Waals surface area contributed by atoms with Gasteiger partial charge in [-0.3, -0.25) is 9.10 Å². The summed E-state index contributed by atoms with van der Waals surface area (Å²) in [6, 6.07) is 19.6. The Hall–Kier alpha value is -3.12. The van der Waals surface area contributed by atoms with Gasteiger partial charge in [-0.15, -0.1) is 0 Å². The zero-order valence-corrected chi connectivity index (χ0v) is 20.0. The fourth-order valence-corrected chi connectivity index (χ4v) is 5.31. The van der Waals surface area contributed by atoms with E-state index in [1.165, 1.54) is 4.31 Å². The Bertz CT molecular complexity index is 1220. The highest BCUT2D eigenvalue weighted by Crippen LogP contribution is 2.28. The van der Waals surface area contributed by atoms with Crippen molar-refractivity contribution in [3.8, 4) is 0 Å². The second-order valence-corrected chi connectivity index (χ2v) is 10.1. The minimum Gasteiger partial charge on any atom is -0.348 e. The summed E-state index contributed by atoms with van der Waals surface area (Å²) in [5.41, 5.74) is 5.45. The van der Waals surface area contributed by atoms with Gasteiger partial charge < -0.3 is 5.32 Å². The highest BCUT2D eigenvalue weighted by Gasteiger charge is 2.28. The number of hydrogen-bond acceptors (Lipinski definition) is 3. The van der Waals surface area contributed by atoms with Gasteiger partial charge in [-0.05, 0) is 75.1 Å². The fraction of sp³-hybridized carbons (Fsp3) is 0.269. The first kappa shape index (κ1) is 23.5. The van der Waals surface area contributed by atoms with Gasteiger partial charge in [0.05, 0.1) is 16.6 Å². The Morgan fingerprint density at radius 1 is 0.875 bits per heavy atom. The van der Waals surface area contributed by atoms with Crippen molar-refractivity contribution >= 4 is 21.6 Å². The van der Waals surface area contributed by atoms with Gasteiger partial charge in [0.25, 0.3) is 10.0 Å². The van der Waals surface area contributed by atoms with Crippen molar-refractivity contribution < 1.29 is 13.2 Å². The van der Waals surface area contributed by atoms with E-state index in [0.29, 0.717) is 5.69 Å². The van der Waals surface area contributed by atoms with Gasteiger partial charge in [0.2, 0.25) is 5.91 Å². The number of rotatable bonds is 7. The lowest BCUT2D eigenvalue weighted by molar-refractivity contribution is -0.120. The summed E-state index contributed by atoms with van der Waals surface area (Å²) in [5.74, 6) is -0.363. The first-order valence-electron chi connectivity index (χ1n) is 10.6. The Kier molecular flexibility index (Phi) is 7.04. The number of hydrogen-bond donors (Lipinski definition) is 1. The van der Waals surface area contributed by atoms with Crippen LogP contribution in [0.1, 0.15) is 40.8 Å². The van der Waals surface area contributed by atoms with E-state index >= 15 is 0 Å². The molecule has 1 amide bonds. The number of nitrogens with zero attached hydrogens (tertiary/aromatic N) is 1. The molecule has 0 saturated heterocycles. The monoisotopic (exact) mass is 450 g/mol. The van der Waals surface area contributed by atoms with E-state index in [0.717, 1.165) is 27.8 Å². The van der Waals surface area contributed by atoms with Crippen molar-refractivity contribution in [1.29, 1.82) is 0 Å². The zero-order chi connectivity index (χ0) is 23.5. The predicted molar refractivity (Wildman–Crippen MR) is 129 cm³/mol. The fourth-order valence-electron chi connectivity index (χ4n) is 3.81. The van der Waals surface area contributed by atoms with Crippen LogP contribution in [-0.2, 0) is 14.8 Å². The minimum atomic E-state index is -3.93. The third-order valence-corrected chi connectivity index (χ3v) is 7.30. The first-order chi connectivity index (χ1) is 15.1. The molecule has 0 radical (unpaired) electrons. The summed E-state index contributed by atoms with van der Waals surface area (Å²) in [5, 5.41) is 2.97. The van der Waals surface area contributed by atoms with Crippen molar-refractivity contribution in [3.05, 3.63) is 94.5 Å². The smallest absolute Gasteiger partial charge is 0.264 e. The molecule has 3 aromatic carbocycles. The van der Waals surface area contributed by atoms with E-state index in [-0.39, 0.29) is 23.4 Å². The molecular weight excluding hydrogens is 420 g/mol. The van der Waals surface area contributed by atoms with Crippen LogP contribution in [0.25, 0.3) is 0 Å². The maximum Gasteiger partial charge on any atom is 0.264 e. The van der Waals surface area contributed by atoms with Gasteiger partial charge >= 0.3 is 0 Å². The molecule has 0 aliphatic heterocycles. The lowest BCUT2D eigenvalue weighted by Crippen LogP contribution is -2.42. The highest BCUT2D eigenvalue weighted by atomic mass is 32.2. The SMILES string of the molecule is Cc1ccc(C(C)NC(=O)CN(c2cc(C)ccc2C)S(=O)(=O)c2ccccc2)c(C)c1. The summed E-state index contributed by atoms with van der Waals surface area (Å²) in [6.07, 6.45) is 0. The number of nitrogens with one attached hydrogen (secondary N) is 1. The third-order valence-electron chi connectivity index (χ3n) is 5.52. The summed E-state index contributed by atoms with van der Waals surface area (Å²) < 4.78 is 28.3. The van der Waals surface area contributed by atoms with Crippen molar-refractivity contribution in [3.63, 3.8) is 0 Å². The summed E-state index contributed by atoms with van der Waals surface area (Å²) in [4.78, 5) is 13.2. The molecule has 1 atom stereocenters. The molecule has 0 saturated carbocycles. The van der Waals surface area contributed by atoms with Crippen LogP contribution in [0.4, 0.5) is 5.69 Å². The molecule has 0 aromatic heterocycles. The zero-order valence-electron chi connectivity index (χ0n) is 19.2. The highest BCUT2D eigenvalue weighted by molar-refractivity contribution is 7.92. The summed E-state index contributed by atoms with van der Waals surface area (Å²) in [7, 11) is -3.93. The lowest BCUT2D eigenvalue weighted by atomic mass is 10.0. The maximum absolute atomic E-state index is 13.5. The van der Waals surface area contributed by atoms with Gasteiger partial charge in [-0.25, -0.2) is 8.42 Å². The van der Waals surface area contributed by atoms with Gasteiger partial charge in [0, 0.05) is 0 Å². The van der Waals surface area contributed by atoms with Crippen LogP contribution in [0.3, 0.4) is 0 Å². The van der Waals surface area contributed by atoms with E-state index in [2.05, 4.69) is 11.4 Å². The number of anilines is 1. The van der Waals surface area contributed by atoms with Crippen LogP contribution in [0, 0.1) is 27.7 Å². The molecule has 3 rings (SSSR count). The molecule has 0 aliphatic rings. The average molecular weight is 451 g/mol. The summed E-state index contributed by atoms with van der Waals surface area (Å²) >= 11 is 0. The molecule has 6 heteroatoms. The Balaban J connectivity index is 1.94. The Morgan fingerprint density at radius 2 is 1.50 bits per heavy atom. The van der Waals surface area contributed by atoms with Crippen LogP contribution >= 0.6 is 0 Å². The number of carbonyl (C=O) groups excluding carboxylic acids is 1. The number of amides is 1. The van der Waals surface area contributed by atoms with E-state index in [1.54, 1.807) is 36.4 Å². The number of sulfonamides is 1. The molecule has 3 aromatic rings. The minimum absolute atomic E-state index is 0.149. The molecular formula is C26H30N2O3S. The standard InChI is InChI=1S/C26H30N2O3S/c1-18-12-14-24(21(4)15-18)22(5)27-26(29)17-28(25-16-19(2)11-13-20(25)3)32(30,31)23-9-7-6-8-10-23/h6-16,22H,17H2,1-5H3,(H,27,29). The van der Waals surface area contributed by atoms with E-state index in [4.69, 9.17) is 0 Å². The molecule has 1 unspecified atom stereocenters. The topological polar surface area (TPSA) is 66.5 Å². The van der Waals surface area contributed by atoms with E-state index in [9.17, 15) is 13.2 Å². The number of benzene rings is 3. The van der Waals surface area contributed by atoms with E-state index < -0.39 is 10.0 Å². The van der Waals surface area contributed by atoms with Crippen molar-refractivity contribution in [1.82, 2.24) is 5.32 Å². The quantitative estimate of drug-likeness (QED) is 0.551. The Morgan fingerprint density at radius 3 is 2.16 bits per heavy atom. The molecule has 0 aliphatic carbocycles. The molecule has 0 heterocycles. The second kappa shape index (κ2) is 9.57. The molecule has 1 N–H and O–H groups in total. The van der Waals surface area contributed by atoms with Crippen LogP contribution in [0.2, 0.25) is 0 Å². The molecule has 32 heavy (non-hydrogen) atoms.